The fourth-order valence-electron chi connectivity index (χ4n) is 3.12. The Balaban J connectivity index is 2.02. The van der Waals surface area contributed by atoms with E-state index in [9.17, 15) is 19.2 Å². The molecule has 0 N–H and O–H groups in total. The van der Waals surface area contributed by atoms with Gasteiger partial charge in [-0.1, -0.05) is 11.8 Å². The number of carbonyl (C=O) groups excluding carboxylic acids is 4. The Kier molecular flexibility index (Phi) is 8.69. The Labute approximate surface area is 211 Å². The van der Waals surface area contributed by atoms with Crippen molar-refractivity contribution in [1.82, 2.24) is 0 Å². The lowest BCUT2D eigenvalue weighted by Crippen LogP contribution is -2.18. The Bertz CT molecular complexity index is 1180. The van der Waals surface area contributed by atoms with Gasteiger partial charge in [-0.15, -0.1) is 0 Å². The van der Waals surface area contributed by atoms with Gasteiger partial charge >= 0.3 is 17.9 Å². The molecule has 3 rings (SSSR count). The summed E-state index contributed by atoms with van der Waals surface area (Å²) in [6.07, 6.45) is 1.49. The fraction of sp³-hybridized carbons (Fsp3) is 0.154. The number of thioether (sulfide) groups is 1. The van der Waals surface area contributed by atoms with Gasteiger partial charge in [0, 0.05) is 0 Å². The summed E-state index contributed by atoms with van der Waals surface area (Å²) >= 11 is 0.781. The van der Waals surface area contributed by atoms with Crippen LogP contribution in [0.5, 0.6) is 23.0 Å². The number of ether oxygens (including phenoxy) is 5. The van der Waals surface area contributed by atoms with Gasteiger partial charge in [0.1, 0.15) is 28.6 Å². The summed E-state index contributed by atoms with van der Waals surface area (Å²) in [5.74, 6) is -1.85. The second kappa shape index (κ2) is 11.9. The van der Waals surface area contributed by atoms with E-state index in [1.54, 1.807) is 24.3 Å². The first kappa shape index (κ1) is 26.3. The molecule has 186 valence electrons. The maximum absolute atomic E-state index is 12.8. The van der Waals surface area contributed by atoms with Crippen LogP contribution in [0.4, 0.5) is 0 Å². The van der Waals surface area contributed by atoms with E-state index >= 15 is 0 Å². The summed E-state index contributed by atoms with van der Waals surface area (Å²) in [6, 6.07) is 14.8. The van der Waals surface area contributed by atoms with Crippen molar-refractivity contribution in [3.05, 3.63) is 82.9 Å². The Morgan fingerprint density at radius 2 is 1.00 bits per heavy atom. The van der Waals surface area contributed by atoms with Crippen molar-refractivity contribution in [2.45, 2.75) is 0 Å². The minimum Gasteiger partial charge on any atom is -0.497 e. The maximum atomic E-state index is 12.8. The van der Waals surface area contributed by atoms with E-state index in [1.807, 2.05) is 0 Å². The maximum Gasteiger partial charge on any atom is 0.343 e. The Morgan fingerprint density at radius 3 is 1.36 bits per heavy atom. The van der Waals surface area contributed by atoms with E-state index < -0.39 is 23.0 Å². The standard InChI is InChI=1S/C26H22O9S/c1-31-17-9-5-15(6-10-17)23(27)34-19-13-14-20(22(26(30)36-4)21(19)25(29)33-3)35-24(28)16-7-11-18(32-2)12-8-16/h5-14H,1-4H3. The van der Waals surface area contributed by atoms with E-state index in [2.05, 4.69) is 0 Å². The predicted octanol–water partition coefficient (Wildman–Crippen LogP) is 4.43. The van der Waals surface area contributed by atoms with Gasteiger partial charge in [0.25, 0.3) is 0 Å². The van der Waals surface area contributed by atoms with Crippen molar-refractivity contribution in [3.63, 3.8) is 0 Å². The van der Waals surface area contributed by atoms with Crippen LogP contribution < -0.4 is 18.9 Å². The zero-order valence-electron chi connectivity index (χ0n) is 19.9. The van der Waals surface area contributed by atoms with Crippen LogP contribution in [-0.4, -0.2) is 50.6 Å². The lowest BCUT2D eigenvalue weighted by molar-refractivity contribution is 0.0585. The number of benzene rings is 3. The summed E-state index contributed by atoms with van der Waals surface area (Å²) in [6.45, 7) is 0. The highest BCUT2D eigenvalue weighted by atomic mass is 32.2. The van der Waals surface area contributed by atoms with Crippen molar-refractivity contribution in [2.24, 2.45) is 0 Å². The quantitative estimate of drug-likeness (QED) is 0.318. The average Bonchev–Trinajstić information content (AvgIpc) is 2.92. The molecule has 0 fully saturated rings. The molecule has 3 aromatic rings. The summed E-state index contributed by atoms with van der Waals surface area (Å²) < 4.78 is 25.9. The van der Waals surface area contributed by atoms with Gasteiger partial charge < -0.3 is 23.7 Å². The highest BCUT2D eigenvalue weighted by molar-refractivity contribution is 8.13. The molecule has 0 saturated heterocycles. The summed E-state index contributed by atoms with van der Waals surface area (Å²) in [5, 5.41) is -0.602. The topological polar surface area (TPSA) is 114 Å². The third-order valence-corrected chi connectivity index (χ3v) is 5.54. The normalized spacial score (nSPS) is 10.2. The van der Waals surface area contributed by atoms with Crippen LogP contribution in [0.3, 0.4) is 0 Å². The molecule has 0 amide bonds. The van der Waals surface area contributed by atoms with Crippen molar-refractivity contribution in [1.29, 1.82) is 0 Å². The molecular formula is C26H22O9S. The molecule has 3 aromatic carbocycles. The SMILES string of the molecule is COC(=O)c1c(OC(=O)c2ccc(OC)cc2)ccc(OC(=O)c2ccc(OC)cc2)c1C(=O)SC. The largest absolute Gasteiger partial charge is 0.497 e. The minimum atomic E-state index is -0.952. The summed E-state index contributed by atoms with van der Waals surface area (Å²) in [7, 11) is 4.09. The lowest BCUT2D eigenvalue weighted by Gasteiger charge is -2.16. The summed E-state index contributed by atoms with van der Waals surface area (Å²) in [5.41, 5.74) is -0.248. The average molecular weight is 511 g/mol. The number of esters is 3. The first-order valence-corrected chi connectivity index (χ1v) is 11.6. The summed E-state index contributed by atoms with van der Waals surface area (Å²) in [4.78, 5) is 51.0. The van der Waals surface area contributed by atoms with Crippen LogP contribution in [0.25, 0.3) is 0 Å². The molecule has 0 aromatic heterocycles. The van der Waals surface area contributed by atoms with E-state index in [0.717, 1.165) is 18.9 Å². The smallest absolute Gasteiger partial charge is 0.343 e. The molecule has 0 heterocycles. The van der Waals surface area contributed by atoms with Gasteiger partial charge in [-0.2, -0.15) is 0 Å². The molecule has 36 heavy (non-hydrogen) atoms. The van der Waals surface area contributed by atoms with Crippen molar-refractivity contribution < 1.29 is 42.9 Å². The fourth-order valence-corrected chi connectivity index (χ4v) is 3.52. The first-order chi connectivity index (χ1) is 17.3. The predicted molar refractivity (Wildman–Crippen MR) is 132 cm³/mol. The third kappa shape index (κ3) is 5.84. The van der Waals surface area contributed by atoms with Crippen LogP contribution in [0.2, 0.25) is 0 Å². The van der Waals surface area contributed by atoms with Crippen molar-refractivity contribution in [3.8, 4) is 23.0 Å². The highest BCUT2D eigenvalue weighted by Gasteiger charge is 2.29. The number of hydrogen-bond acceptors (Lipinski definition) is 10. The van der Waals surface area contributed by atoms with E-state index in [0.29, 0.717) is 11.5 Å². The van der Waals surface area contributed by atoms with Crippen LogP contribution >= 0.6 is 11.8 Å². The number of hydrogen-bond donors (Lipinski definition) is 0. The van der Waals surface area contributed by atoms with Gasteiger partial charge in [0.2, 0.25) is 5.12 Å². The Morgan fingerprint density at radius 1 is 0.583 bits per heavy atom. The van der Waals surface area contributed by atoms with Gasteiger partial charge in [0.05, 0.1) is 38.0 Å². The van der Waals surface area contributed by atoms with Gasteiger partial charge in [-0.05, 0) is 66.9 Å². The molecular weight excluding hydrogens is 488 g/mol. The van der Waals surface area contributed by atoms with E-state index in [1.165, 1.54) is 56.9 Å². The molecule has 0 aliphatic rings. The molecule has 0 aliphatic carbocycles. The van der Waals surface area contributed by atoms with Crippen molar-refractivity contribution in [2.75, 3.05) is 27.6 Å². The number of rotatable bonds is 8. The molecule has 0 bridgehead atoms. The zero-order chi connectivity index (χ0) is 26.2. The second-order valence-electron chi connectivity index (χ2n) is 7.03. The van der Waals surface area contributed by atoms with Crippen LogP contribution in [0, 0.1) is 0 Å². The van der Waals surface area contributed by atoms with Gasteiger partial charge in [-0.25, -0.2) is 14.4 Å². The highest BCUT2D eigenvalue weighted by Crippen LogP contribution is 2.35. The van der Waals surface area contributed by atoms with Gasteiger partial charge in [0.15, 0.2) is 0 Å². The molecule has 0 atom stereocenters. The molecule has 0 spiro atoms. The van der Waals surface area contributed by atoms with E-state index in [-0.39, 0.29) is 33.8 Å². The van der Waals surface area contributed by atoms with Gasteiger partial charge in [-0.3, -0.25) is 4.79 Å². The molecule has 0 aliphatic heterocycles. The monoisotopic (exact) mass is 510 g/mol. The van der Waals surface area contributed by atoms with Crippen LogP contribution in [0.1, 0.15) is 41.4 Å². The minimum absolute atomic E-state index is 0.180. The molecule has 0 saturated carbocycles. The number of carbonyl (C=O) groups is 4. The third-order valence-electron chi connectivity index (χ3n) is 4.96. The second-order valence-corrected chi connectivity index (χ2v) is 7.81. The van der Waals surface area contributed by atoms with Crippen LogP contribution in [-0.2, 0) is 4.74 Å². The van der Waals surface area contributed by atoms with E-state index in [4.69, 9.17) is 23.7 Å². The first-order valence-electron chi connectivity index (χ1n) is 10.4. The Hall–Kier alpha value is -4.31. The molecule has 9 nitrogen and oxygen atoms in total. The zero-order valence-corrected chi connectivity index (χ0v) is 20.7. The number of methoxy groups -OCH3 is 3. The van der Waals surface area contributed by atoms with Crippen LogP contribution in [0.15, 0.2) is 60.7 Å². The molecule has 0 radical (unpaired) electrons. The molecule has 0 unspecified atom stereocenters. The lowest BCUT2D eigenvalue weighted by atomic mass is 10.1. The molecule has 10 heteroatoms. The van der Waals surface area contributed by atoms with Crippen molar-refractivity contribution >= 4 is 34.8 Å².